The molecule has 0 aromatic carbocycles. The summed E-state index contributed by atoms with van der Waals surface area (Å²) in [5.41, 5.74) is 0. The molecule has 5 heteroatoms. The number of nitrogens with one attached hydrogen (secondary N) is 1. The van der Waals surface area contributed by atoms with Crippen LogP contribution in [0.4, 0.5) is 0 Å². The van der Waals surface area contributed by atoms with Crippen molar-refractivity contribution in [1.82, 2.24) is 5.32 Å². The van der Waals surface area contributed by atoms with Crippen LogP contribution >= 0.6 is 11.8 Å². The average molecular weight is 287 g/mol. The van der Waals surface area contributed by atoms with Crippen molar-refractivity contribution in [1.29, 1.82) is 0 Å². The summed E-state index contributed by atoms with van der Waals surface area (Å²) in [5.74, 6) is 1.32. The fraction of sp³-hybridized carbons (Fsp3) is 0.857. The fourth-order valence-corrected chi connectivity index (χ4v) is 3.26. The lowest BCUT2D eigenvalue weighted by Gasteiger charge is -2.26. The van der Waals surface area contributed by atoms with Crippen molar-refractivity contribution >= 4 is 23.6 Å². The van der Waals surface area contributed by atoms with E-state index in [0.717, 1.165) is 37.9 Å². The summed E-state index contributed by atoms with van der Waals surface area (Å²) in [6.45, 7) is 2.85. The van der Waals surface area contributed by atoms with Crippen LogP contribution in [0.2, 0.25) is 0 Å². The third-order valence-corrected chi connectivity index (χ3v) is 4.70. The van der Waals surface area contributed by atoms with E-state index in [2.05, 4.69) is 12.2 Å². The Kier molecular flexibility index (Phi) is 7.94. The van der Waals surface area contributed by atoms with Gasteiger partial charge in [-0.25, -0.2) is 0 Å². The quantitative estimate of drug-likeness (QED) is 0.673. The van der Waals surface area contributed by atoms with Crippen LogP contribution in [0, 0.1) is 11.8 Å². The molecule has 1 aliphatic rings. The molecule has 110 valence electrons. The zero-order valence-corrected chi connectivity index (χ0v) is 12.5. The Labute approximate surface area is 119 Å². The number of carboxylic acid groups (broad SMARTS) is 1. The van der Waals surface area contributed by atoms with Gasteiger partial charge in [-0.1, -0.05) is 13.3 Å². The Morgan fingerprint density at radius 3 is 2.53 bits per heavy atom. The lowest BCUT2D eigenvalue weighted by molar-refractivity contribution is -0.143. The molecule has 0 atom stereocenters. The summed E-state index contributed by atoms with van der Waals surface area (Å²) < 4.78 is 0. The Morgan fingerprint density at radius 1 is 1.26 bits per heavy atom. The molecule has 0 spiro atoms. The molecule has 0 heterocycles. The number of hydrogen-bond acceptors (Lipinski definition) is 3. The van der Waals surface area contributed by atoms with Gasteiger partial charge in [0.25, 0.3) is 0 Å². The van der Waals surface area contributed by atoms with Crippen LogP contribution < -0.4 is 5.32 Å². The average Bonchev–Trinajstić information content (AvgIpc) is 2.42. The molecule has 1 fully saturated rings. The number of amides is 1. The van der Waals surface area contributed by atoms with E-state index in [1.54, 1.807) is 11.8 Å². The van der Waals surface area contributed by atoms with Gasteiger partial charge in [0.05, 0.1) is 11.7 Å². The summed E-state index contributed by atoms with van der Waals surface area (Å²) in [7, 11) is 0. The van der Waals surface area contributed by atoms with Gasteiger partial charge in [0.2, 0.25) is 5.91 Å². The van der Waals surface area contributed by atoms with Crippen molar-refractivity contribution in [3.63, 3.8) is 0 Å². The zero-order chi connectivity index (χ0) is 14.1. The predicted octanol–water partition coefficient (Wildman–Crippen LogP) is 2.53. The van der Waals surface area contributed by atoms with E-state index in [4.69, 9.17) is 5.11 Å². The molecule has 0 aromatic rings. The summed E-state index contributed by atoms with van der Waals surface area (Å²) in [6, 6.07) is 0. The van der Waals surface area contributed by atoms with Gasteiger partial charge in [-0.15, -0.1) is 0 Å². The van der Waals surface area contributed by atoms with Crippen LogP contribution in [0.1, 0.15) is 45.4 Å². The van der Waals surface area contributed by atoms with Gasteiger partial charge in [0.15, 0.2) is 0 Å². The first-order valence-electron chi connectivity index (χ1n) is 7.20. The smallest absolute Gasteiger partial charge is 0.306 e. The number of rotatable bonds is 8. The highest BCUT2D eigenvalue weighted by Gasteiger charge is 2.25. The molecule has 4 nitrogen and oxygen atoms in total. The van der Waals surface area contributed by atoms with Gasteiger partial charge in [0, 0.05) is 6.54 Å². The second kappa shape index (κ2) is 9.23. The topological polar surface area (TPSA) is 66.4 Å². The van der Waals surface area contributed by atoms with Crippen LogP contribution in [-0.2, 0) is 9.59 Å². The molecule has 0 unspecified atom stereocenters. The molecule has 19 heavy (non-hydrogen) atoms. The van der Waals surface area contributed by atoms with Crippen LogP contribution in [-0.4, -0.2) is 35.0 Å². The van der Waals surface area contributed by atoms with Crippen molar-refractivity contribution in [2.45, 2.75) is 45.4 Å². The number of carbonyl (C=O) groups excluding carboxylic acids is 1. The van der Waals surface area contributed by atoms with Crippen molar-refractivity contribution in [3.05, 3.63) is 0 Å². The Morgan fingerprint density at radius 2 is 1.95 bits per heavy atom. The normalized spacial score (nSPS) is 23.0. The van der Waals surface area contributed by atoms with Crippen LogP contribution in [0.15, 0.2) is 0 Å². The van der Waals surface area contributed by atoms with Gasteiger partial charge in [0.1, 0.15) is 0 Å². The number of thioether (sulfide) groups is 1. The lowest BCUT2D eigenvalue weighted by atomic mass is 9.82. The Hall–Kier alpha value is -0.710. The second-order valence-electron chi connectivity index (χ2n) is 5.27. The Balaban J connectivity index is 2.06. The van der Waals surface area contributed by atoms with E-state index in [9.17, 15) is 9.59 Å². The fourth-order valence-electron chi connectivity index (χ4n) is 2.33. The van der Waals surface area contributed by atoms with E-state index >= 15 is 0 Å². The molecule has 2 N–H and O–H groups in total. The molecule has 1 saturated carbocycles. The van der Waals surface area contributed by atoms with E-state index < -0.39 is 5.97 Å². The first-order chi connectivity index (χ1) is 9.13. The molecule has 1 aliphatic carbocycles. The minimum Gasteiger partial charge on any atom is -0.481 e. The third-order valence-electron chi connectivity index (χ3n) is 3.66. The molecular formula is C14H25NO3S. The largest absolute Gasteiger partial charge is 0.481 e. The minimum atomic E-state index is -0.671. The standard InChI is InChI=1S/C14H25NO3S/c1-2-3-8-19-10-13(16)15-9-11-4-6-12(7-5-11)14(17)18/h11-12H,2-10H2,1H3,(H,15,16)(H,17,18). The van der Waals surface area contributed by atoms with Crippen molar-refractivity contribution < 1.29 is 14.7 Å². The predicted molar refractivity (Wildman–Crippen MR) is 78.3 cm³/mol. The maximum atomic E-state index is 11.6. The molecule has 1 rings (SSSR count). The van der Waals surface area contributed by atoms with Crippen LogP contribution in [0.3, 0.4) is 0 Å². The molecular weight excluding hydrogens is 262 g/mol. The van der Waals surface area contributed by atoms with E-state index in [1.165, 1.54) is 6.42 Å². The maximum absolute atomic E-state index is 11.6. The summed E-state index contributed by atoms with van der Waals surface area (Å²) in [6.07, 6.45) is 5.67. The first kappa shape index (κ1) is 16.3. The monoisotopic (exact) mass is 287 g/mol. The summed E-state index contributed by atoms with van der Waals surface area (Å²) in [5, 5.41) is 11.9. The minimum absolute atomic E-state index is 0.112. The maximum Gasteiger partial charge on any atom is 0.306 e. The molecule has 0 bridgehead atoms. The Bertz CT molecular complexity index is 288. The SMILES string of the molecule is CCCCSCC(=O)NCC1CCC(C(=O)O)CC1. The number of unbranched alkanes of at least 4 members (excludes halogenated alkanes) is 1. The highest BCUT2D eigenvalue weighted by atomic mass is 32.2. The van der Waals surface area contributed by atoms with Crippen LogP contribution in [0.5, 0.6) is 0 Å². The molecule has 0 aromatic heterocycles. The van der Waals surface area contributed by atoms with Gasteiger partial charge >= 0.3 is 5.97 Å². The molecule has 0 saturated heterocycles. The number of hydrogen-bond donors (Lipinski definition) is 2. The van der Waals surface area contributed by atoms with Gasteiger partial charge in [-0.2, -0.15) is 11.8 Å². The van der Waals surface area contributed by atoms with Gasteiger partial charge in [-0.05, 0) is 43.8 Å². The van der Waals surface area contributed by atoms with E-state index in [-0.39, 0.29) is 11.8 Å². The van der Waals surface area contributed by atoms with Crippen molar-refractivity contribution in [2.24, 2.45) is 11.8 Å². The summed E-state index contributed by atoms with van der Waals surface area (Å²) in [4.78, 5) is 22.4. The highest BCUT2D eigenvalue weighted by Crippen LogP contribution is 2.28. The lowest BCUT2D eigenvalue weighted by Crippen LogP contribution is -2.33. The molecule has 0 radical (unpaired) electrons. The third kappa shape index (κ3) is 6.85. The van der Waals surface area contributed by atoms with E-state index in [1.807, 2.05) is 0 Å². The van der Waals surface area contributed by atoms with E-state index in [0.29, 0.717) is 18.2 Å². The highest BCUT2D eigenvalue weighted by molar-refractivity contribution is 7.99. The van der Waals surface area contributed by atoms with Gasteiger partial charge in [-0.3, -0.25) is 9.59 Å². The van der Waals surface area contributed by atoms with Crippen molar-refractivity contribution in [2.75, 3.05) is 18.1 Å². The zero-order valence-electron chi connectivity index (χ0n) is 11.7. The van der Waals surface area contributed by atoms with Crippen molar-refractivity contribution in [3.8, 4) is 0 Å². The number of aliphatic carboxylic acids is 1. The molecule has 1 amide bonds. The van der Waals surface area contributed by atoms with Gasteiger partial charge < -0.3 is 10.4 Å². The molecule has 0 aliphatic heterocycles. The van der Waals surface area contributed by atoms with Crippen LogP contribution in [0.25, 0.3) is 0 Å². The first-order valence-corrected chi connectivity index (χ1v) is 8.36. The summed E-state index contributed by atoms with van der Waals surface area (Å²) >= 11 is 1.69. The second-order valence-corrected chi connectivity index (χ2v) is 6.37. The number of carbonyl (C=O) groups is 2. The number of carboxylic acids is 1.